The molecule has 2 aromatic rings. The van der Waals surface area contributed by atoms with Gasteiger partial charge in [-0.1, -0.05) is 34.1 Å². The number of amides is 3. The van der Waals surface area contributed by atoms with E-state index in [0.717, 1.165) is 36.1 Å². The Morgan fingerprint density at radius 3 is 2.29 bits per heavy atom. The first-order valence-electron chi connectivity index (χ1n) is 22.4. The third kappa shape index (κ3) is 16.0. The summed E-state index contributed by atoms with van der Waals surface area (Å²) < 4.78 is 24.5. The molecule has 1 aliphatic carbocycles. The standard InChI is InChI=1S/C48H63N5O11S2/c1-52(2)33-13-16-37-41(30-33)64-42-31-34(53(3)4)14-17-38(42)45(37)36-15-12-32(29-39(36)48(59)60)46(57)49-20-8-7-10-40(51-43(54)11-6-5-9-35-19-28-65-66-35)47(58)50-21-23-62-25-27-63-26-24-61-22-18-44(55)56/h12-17,29-31,35,40H,5-11,18-28H2,1-4H3,(H4-,49,50,51,54,55,56,57,58,59,60). The van der Waals surface area contributed by atoms with Crippen molar-refractivity contribution in [1.82, 2.24) is 20.5 Å². The van der Waals surface area contributed by atoms with Gasteiger partial charge in [0.2, 0.25) is 17.2 Å². The van der Waals surface area contributed by atoms with Gasteiger partial charge < -0.3 is 54.5 Å². The quantitative estimate of drug-likeness (QED) is 0.0269. The van der Waals surface area contributed by atoms with Crippen LogP contribution in [-0.4, -0.2) is 133 Å². The highest BCUT2D eigenvalue weighted by molar-refractivity contribution is 8.77. The van der Waals surface area contributed by atoms with Crippen LogP contribution >= 0.6 is 21.6 Å². The third-order valence-corrected chi connectivity index (χ3v) is 14.0. The highest BCUT2D eigenvalue weighted by Crippen LogP contribution is 2.42. The van der Waals surface area contributed by atoms with Crippen molar-refractivity contribution in [2.75, 3.05) is 91.6 Å². The Morgan fingerprint density at radius 1 is 0.848 bits per heavy atom. The first-order valence-corrected chi connectivity index (χ1v) is 24.8. The summed E-state index contributed by atoms with van der Waals surface area (Å²) in [6.07, 6.45) is 5.55. The number of carbonyl (C=O) groups is 5. The van der Waals surface area contributed by atoms with Crippen molar-refractivity contribution >= 4 is 67.9 Å². The zero-order valence-corrected chi connectivity index (χ0v) is 40.0. The number of anilines is 1. The SMILES string of the molecule is CN(C)c1ccc2c(-c3ccc(C(=O)NCCCCC(NC(=O)CCCCC4CCSS4)C(=O)NCCOCCOCCOCCC(=O)O)cc3C(=O)[O-])c3ccc(=[N+](C)C)cc-3oc2c1. The minimum absolute atomic E-state index is 0.0643. The third-order valence-electron chi connectivity index (χ3n) is 11.0. The molecule has 16 nitrogen and oxygen atoms in total. The normalized spacial score (nSPS) is 14.0. The Bertz CT molecular complexity index is 2310. The summed E-state index contributed by atoms with van der Waals surface area (Å²) in [5.41, 5.74) is 3.24. The molecule has 1 fully saturated rings. The lowest BCUT2D eigenvalue weighted by atomic mass is 9.89. The monoisotopic (exact) mass is 949 g/mol. The number of hydrogen-bond donors (Lipinski definition) is 4. The molecule has 4 N–H and O–H groups in total. The zero-order valence-electron chi connectivity index (χ0n) is 38.3. The van der Waals surface area contributed by atoms with Crippen LogP contribution in [0.15, 0.2) is 59.0 Å². The molecule has 0 saturated carbocycles. The average molecular weight is 950 g/mol. The molecule has 2 atom stereocenters. The average Bonchev–Trinajstić information content (AvgIpc) is 3.82. The van der Waals surface area contributed by atoms with Crippen molar-refractivity contribution in [2.45, 2.75) is 69.1 Å². The number of aliphatic carboxylic acids is 1. The highest BCUT2D eigenvalue weighted by Gasteiger charge is 2.24. The number of ether oxygens (including phenoxy) is 3. The molecule has 0 aromatic heterocycles. The van der Waals surface area contributed by atoms with Crippen LogP contribution in [0.1, 0.15) is 78.5 Å². The summed E-state index contributed by atoms with van der Waals surface area (Å²) >= 11 is 0. The molecule has 2 unspecified atom stereocenters. The van der Waals surface area contributed by atoms with Gasteiger partial charge in [-0.3, -0.25) is 19.2 Å². The minimum Gasteiger partial charge on any atom is -0.545 e. The van der Waals surface area contributed by atoms with Crippen molar-refractivity contribution in [2.24, 2.45) is 0 Å². The number of hydrogen-bond acceptors (Lipinski definition) is 13. The van der Waals surface area contributed by atoms with E-state index in [4.69, 9.17) is 23.7 Å². The molecule has 0 bridgehead atoms. The number of nitrogens with zero attached hydrogens (tertiary/aromatic N) is 2. The van der Waals surface area contributed by atoms with Crippen molar-refractivity contribution in [3.8, 4) is 22.5 Å². The lowest BCUT2D eigenvalue weighted by molar-refractivity contribution is -0.255. The van der Waals surface area contributed by atoms with Gasteiger partial charge in [0, 0.05) is 90.1 Å². The van der Waals surface area contributed by atoms with E-state index in [-0.39, 0.29) is 62.3 Å². The molecular weight excluding hydrogens is 887 g/mol. The Balaban J connectivity index is 1.16. The topological polar surface area (TPSA) is 212 Å². The first kappa shape index (κ1) is 51.8. The van der Waals surface area contributed by atoms with Crippen LogP contribution in [0.25, 0.3) is 33.4 Å². The second kappa shape index (κ2) is 26.9. The Morgan fingerprint density at radius 2 is 1.59 bits per heavy atom. The lowest BCUT2D eigenvalue weighted by Crippen LogP contribution is -2.47. The number of carbonyl (C=O) groups excluding carboxylic acids is 4. The van der Waals surface area contributed by atoms with Gasteiger partial charge in [-0.25, -0.2) is 4.58 Å². The van der Waals surface area contributed by atoms with Gasteiger partial charge in [-0.15, -0.1) is 0 Å². The van der Waals surface area contributed by atoms with E-state index in [1.165, 1.54) is 12.5 Å². The van der Waals surface area contributed by atoms with Gasteiger partial charge in [0.1, 0.15) is 31.5 Å². The second-order valence-corrected chi connectivity index (χ2v) is 19.2. The maximum atomic E-state index is 13.4. The molecule has 2 aromatic carbocycles. The number of fused-ring (bicyclic) bond motifs is 2. The predicted octanol–water partition coefficient (Wildman–Crippen LogP) is 4.41. The number of carboxylic acid groups (broad SMARTS) is 2. The fourth-order valence-corrected chi connectivity index (χ4v) is 10.4. The van der Waals surface area contributed by atoms with E-state index >= 15 is 0 Å². The van der Waals surface area contributed by atoms with Crippen molar-refractivity contribution in [3.63, 3.8) is 0 Å². The van der Waals surface area contributed by atoms with Gasteiger partial charge >= 0.3 is 5.97 Å². The second-order valence-electron chi connectivity index (χ2n) is 16.4. The molecule has 3 amide bonds. The molecule has 2 aliphatic heterocycles. The van der Waals surface area contributed by atoms with Gasteiger partial charge in [-0.05, 0) is 74.4 Å². The number of nitrogens with one attached hydrogen (secondary N) is 3. The van der Waals surface area contributed by atoms with Crippen LogP contribution < -0.4 is 35.9 Å². The molecule has 1 saturated heterocycles. The Kier molecular flexibility index (Phi) is 21.1. The zero-order chi connectivity index (χ0) is 47.4. The van der Waals surface area contributed by atoms with Crippen LogP contribution in [0.3, 0.4) is 0 Å². The maximum Gasteiger partial charge on any atom is 0.305 e. The molecule has 5 rings (SSSR count). The minimum atomic E-state index is -1.43. The van der Waals surface area contributed by atoms with Crippen LogP contribution in [0.4, 0.5) is 5.69 Å². The molecule has 18 heteroatoms. The van der Waals surface area contributed by atoms with Gasteiger partial charge in [-0.2, -0.15) is 0 Å². The fraction of sp³-hybridized carbons (Fsp3) is 0.500. The van der Waals surface area contributed by atoms with Crippen molar-refractivity contribution in [1.29, 1.82) is 0 Å². The lowest BCUT2D eigenvalue weighted by Gasteiger charge is -2.20. The van der Waals surface area contributed by atoms with E-state index in [0.29, 0.717) is 84.2 Å². The van der Waals surface area contributed by atoms with E-state index in [9.17, 15) is 29.1 Å². The molecule has 0 radical (unpaired) electrons. The number of rotatable bonds is 28. The van der Waals surface area contributed by atoms with Gasteiger partial charge in [0.15, 0.2) is 0 Å². The largest absolute Gasteiger partial charge is 0.545 e. The van der Waals surface area contributed by atoms with Gasteiger partial charge in [0.05, 0.1) is 58.1 Å². The summed E-state index contributed by atoms with van der Waals surface area (Å²) in [6.45, 7) is 2.02. The van der Waals surface area contributed by atoms with Crippen LogP contribution in [-0.2, 0) is 28.6 Å². The first-order chi connectivity index (χ1) is 31.8. The molecule has 66 heavy (non-hydrogen) atoms. The van der Waals surface area contributed by atoms with E-state index in [1.54, 1.807) is 12.1 Å². The van der Waals surface area contributed by atoms with Crippen LogP contribution in [0, 0.1) is 0 Å². The molecule has 358 valence electrons. The van der Waals surface area contributed by atoms with Gasteiger partial charge in [0.25, 0.3) is 5.91 Å². The molecule has 3 aliphatic rings. The number of benzene rings is 3. The van der Waals surface area contributed by atoms with Crippen LogP contribution in [0.2, 0.25) is 0 Å². The highest BCUT2D eigenvalue weighted by atomic mass is 33.1. The van der Waals surface area contributed by atoms with Crippen LogP contribution in [0.5, 0.6) is 0 Å². The molecule has 2 heterocycles. The number of carboxylic acids is 2. The summed E-state index contributed by atoms with van der Waals surface area (Å²) in [7, 11) is 11.5. The predicted molar refractivity (Wildman–Crippen MR) is 257 cm³/mol. The van der Waals surface area contributed by atoms with E-state index in [2.05, 4.69) is 16.0 Å². The van der Waals surface area contributed by atoms with Crippen molar-refractivity contribution in [3.05, 3.63) is 71.1 Å². The maximum absolute atomic E-state index is 13.4. The summed E-state index contributed by atoms with van der Waals surface area (Å²) in [5.74, 6) is -1.59. The number of aromatic carboxylic acids is 1. The molecular formula is C48H63N5O11S2. The smallest absolute Gasteiger partial charge is 0.305 e. The number of unbranched alkanes of at least 4 members (excludes halogenated alkanes) is 2. The van der Waals surface area contributed by atoms with E-state index < -0.39 is 23.9 Å². The fourth-order valence-electron chi connectivity index (χ4n) is 7.39. The summed E-state index contributed by atoms with van der Waals surface area (Å²) in [5, 5.41) is 32.3. The molecule has 0 spiro atoms. The summed E-state index contributed by atoms with van der Waals surface area (Å²) in [6, 6.07) is 15.3. The summed E-state index contributed by atoms with van der Waals surface area (Å²) in [4.78, 5) is 65.0. The Labute approximate surface area is 393 Å². The van der Waals surface area contributed by atoms with Crippen molar-refractivity contribution < 1.29 is 52.8 Å². The van der Waals surface area contributed by atoms with E-state index in [1.807, 2.05) is 95.7 Å². The Hall–Kier alpha value is -5.14.